The van der Waals surface area contributed by atoms with Gasteiger partial charge in [0.1, 0.15) is 6.04 Å². The number of nitrogens with two attached hydrogens (primary N) is 1. The Hall–Kier alpha value is -4.02. The molecule has 212 valence electrons. The maximum Gasteiger partial charge on any atom is 0.250 e. The third-order valence-corrected chi connectivity index (χ3v) is 6.83. The lowest BCUT2D eigenvalue weighted by Gasteiger charge is -2.23. The zero-order chi connectivity index (χ0) is 28.5. The lowest BCUT2D eigenvalue weighted by molar-refractivity contribution is -0.130. The molecule has 0 bridgehead atoms. The van der Waals surface area contributed by atoms with E-state index in [9.17, 15) is 14.4 Å². The number of benzene rings is 2. The lowest BCUT2D eigenvalue weighted by atomic mass is 10.0. The summed E-state index contributed by atoms with van der Waals surface area (Å²) in [5.74, 6) is -0.575. The smallest absolute Gasteiger partial charge is 0.250 e. The van der Waals surface area contributed by atoms with Crippen molar-refractivity contribution in [2.24, 2.45) is 5.73 Å². The van der Waals surface area contributed by atoms with E-state index in [0.29, 0.717) is 5.82 Å². The largest absolute Gasteiger partial charge is 0.374 e. The zero-order valence-electron chi connectivity index (χ0n) is 23.1. The summed E-state index contributed by atoms with van der Waals surface area (Å²) in [6.07, 6.45) is 5.63. The van der Waals surface area contributed by atoms with Crippen molar-refractivity contribution in [2.45, 2.75) is 57.3 Å². The maximum absolute atomic E-state index is 13.3. The van der Waals surface area contributed by atoms with E-state index in [1.807, 2.05) is 70.1 Å². The molecule has 3 aromatic rings. The van der Waals surface area contributed by atoms with Crippen LogP contribution in [0.3, 0.4) is 0 Å². The number of hydrogen-bond acceptors (Lipinski definition) is 6. The molecule has 1 fully saturated rings. The van der Waals surface area contributed by atoms with Crippen molar-refractivity contribution >= 4 is 23.5 Å². The fourth-order valence-corrected chi connectivity index (χ4v) is 4.51. The Morgan fingerprint density at radius 1 is 1.02 bits per heavy atom. The highest BCUT2D eigenvalue weighted by molar-refractivity contribution is 5.98. The van der Waals surface area contributed by atoms with Crippen LogP contribution in [-0.2, 0) is 25.7 Å². The average molecular weight is 547 g/mol. The summed E-state index contributed by atoms with van der Waals surface area (Å²) in [6, 6.07) is 18.0. The van der Waals surface area contributed by atoms with Crippen molar-refractivity contribution in [3.8, 4) is 0 Å². The first-order chi connectivity index (χ1) is 19.2. The molecule has 4 N–H and O–H groups in total. The molecular formula is C30H38N6O4. The first-order valence-electron chi connectivity index (χ1n) is 13.6. The number of anilines is 1. The number of imidazole rings is 1. The van der Waals surface area contributed by atoms with Gasteiger partial charge in [0.25, 0.3) is 5.91 Å². The summed E-state index contributed by atoms with van der Waals surface area (Å²) < 4.78 is 7.60. The third kappa shape index (κ3) is 8.00. The first-order valence-corrected chi connectivity index (χ1v) is 13.6. The molecule has 40 heavy (non-hydrogen) atoms. The van der Waals surface area contributed by atoms with E-state index in [2.05, 4.69) is 15.6 Å². The Kier molecular flexibility index (Phi) is 9.68. The van der Waals surface area contributed by atoms with Gasteiger partial charge in [-0.1, -0.05) is 60.7 Å². The minimum Gasteiger partial charge on any atom is -0.374 e. The molecule has 0 aliphatic carbocycles. The van der Waals surface area contributed by atoms with Gasteiger partial charge in [0, 0.05) is 19.3 Å². The van der Waals surface area contributed by atoms with Crippen molar-refractivity contribution in [1.29, 1.82) is 0 Å². The second-order valence-electron chi connectivity index (χ2n) is 10.7. The zero-order valence-corrected chi connectivity index (χ0v) is 23.1. The molecule has 0 saturated carbocycles. The number of likely N-dealkylation sites (tertiary alicyclic amines) is 1. The van der Waals surface area contributed by atoms with Crippen LogP contribution < -0.4 is 16.4 Å². The van der Waals surface area contributed by atoms with E-state index in [4.69, 9.17) is 10.5 Å². The molecule has 1 aromatic heterocycles. The number of carbonyl (C=O) groups is 3. The minimum absolute atomic E-state index is 0.0553. The quantitative estimate of drug-likeness (QED) is 0.320. The Labute approximate surface area is 234 Å². The summed E-state index contributed by atoms with van der Waals surface area (Å²) in [4.78, 5) is 45.2. The molecule has 2 atom stereocenters. The van der Waals surface area contributed by atoms with Crippen LogP contribution in [-0.4, -0.2) is 63.4 Å². The van der Waals surface area contributed by atoms with Gasteiger partial charge >= 0.3 is 0 Å². The van der Waals surface area contributed by atoms with Gasteiger partial charge in [-0.15, -0.1) is 0 Å². The molecule has 1 saturated heterocycles. The number of carbonyl (C=O) groups excluding carboxylic acids is 3. The van der Waals surface area contributed by atoms with Crippen molar-refractivity contribution in [3.63, 3.8) is 0 Å². The maximum atomic E-state index is 13.3. The van der Waals surface area contributed by atoms with Crippen molar-refractivity contribution < 1.29 is 19.1 Å². The average Bonchev–Trinajstić information content (AvgIpc) is 3.64. The van der Waals surface area contributed by atoms with E-state index >= 15 is 0 Å². The molecular weight excluding hydrogens is 508 g/mol. The molecule has 4 rings (SSSR count). The standard InChI is InChI=1S/C30H38N6O4/c1-30(2,31)29(39)33-24(20-40-19-22-11-5-3-6-12-22)28(38)34-26-18-36(21-32-26)25(23-13-7-4-8-14-23)17-27(37)35-15-9-10-16-35/h3-8,11-14,18,21,24-25H,9-10,15-17,19-20,31H2,1-2H3,(H,33,39)(H,34,38). The van der Waals surface area contributed by atoms with Gasteiger partial charge in [0.2, 0.25) is 11.8 Å². The predicted octanol–water partition coefficient (Wildman–Crippen LogP) is 2.86. The van der Waals surface area contributed by atoms with Crippen LogP contribution in [0.25, 0.3) is 0 Å². The van der Waals surface area contributed by atoms with Crippen molar-refractivity contribution in [2.75, 3.05) is 25.0 Å². The van der Waals surface area contributed by atoms with Gasteiger partial charge in [0.05, 0.1) is 37.5 Å². The molecule has 10 heteroatoms. The van der Waals surface area contributed by atoms with E-state index in [0.717, 1.165) is 37.1 Å². The van der Waals surface area contributed by atoms with Gasteiger partial charge < -0.3 is 30.6 Å². The summed E-state index contributed by atoms with van der Waals surface area (Å²) in [5.41, 5.74) is 6.68. The van der Waals surface area contributed by atoms with Gasteiger partial charge in [0.15, 0.2) is 5.82 Å². The van der Waals surface area contributed by atoms with E-state index in [-0.39, 0.29) is 31.6 Å². The Bertz CT molecular complexity index is 1270. The Balaban J connectivity index is 1.46. The Morgan fingerprint density at radius 3 is 2.33 bits per heavy atom. The number of rotatable bonds is 12. The van der Waals surface area contributed by atoms with Gasteiger partial charge in [-0.25, -0.2) is 4.98 Å². The Morgan fingerprint density at radius 2 is 1.68 bits per heavy atom. The van der Waals surface area contributed by atoms with Crippen LogP contribution in [0.1, 0.15) is 50.3 Å². The molecule has 1 aliphatic heterocycles. The molecule has 0 radical (unpaired) electrons. The predicted molar refractivity (Wildman–Crippen MR) is 152 cm³/mol. The summed E-state index contributed by atoms with van der Waals surface area (Å²) >= 11 is 0. The van der Waals surface area contributed by atoms with Crippen molar-refractivity contribution in [1.82, 2.24) is 19.8 Å². The number of amides is 3. The SMILES string of the molecule is CC(C)(N)C(=O)NC(COCc1ccccc1)C(=O)Nc1cn(C(CC(=O)N2CCCC2)c2ccccc2)cn1. The minimum atomic E-state index is -1.18. The highest BCUT2D eigenvalue weighted by atomic mass is 16.5. The van der Waals surface area contributed by atoms with Gasteiger partial charge in [-0.3, -0.25) is 14.4 Å². The molecule has 0 spiro atoms. The monoisotopic (exact) mass is 546 g/mol. The molecule has 1 aliphatic rings. The number of nitrogens with zero attached hydrogens (tertiary/aromatic N) is 3. The van der Waals surface area contributed by atoms with Crippen LogP contribution in [0.15, 0.2) is 73.2 Å². The summed E-state index contributed by atoms with van der Waals surface area (Å²) in [5, 5.41) is 5.47. The van der Waals surface area contributed by atoms with Gasteiger partial charge in [-0.05, 0) is 37.8 Å². The number of hydrogen-bond donors (Lipinski definition) is 3. The van der Waals surface area contributed by atoms with Crippen LogP contribution in [0, 0.1) is 0 Å². The second-order valence-corrected chi connectivity index (χ2v) is 10.7. The van der Waals surface area contributed by atoms with Crippen LogP contribution in [0.5, 0.6) is 0 Å². The molecule has 10 nitrogen and oxygen atoms in total. The van der Waals surface area contributed by atoms with E-state index in [1.54, 1.807) is 26.4 Å². The van der Waals surface area contributed by atoms with E-state index in [1.165, 1.54) is 0 Å². The highest BCUT2D eigenvalue weighted by Gasteiger charge is 2.29. The number of nitrogens with one attached hydrogen (secondary N) is 2. The fourth-order valence-electron chi connectivity index (χ4n) is 4.51. The van der Waals surface area contributed by atoms with Crippen LogP contribution >= 0.6 is 0 Å². The topological polar surface area (TPSA) is 132 Å². The first kappa shape index (κ1) is 29.0. The number of aromatic nitrogens is 2. The second kappa shape index (κ2) is 13.4. The molecule has 3 amide bonds. The number of ether oxygens (including phenoxy) is 1. The third-order valence-electron chi connectivity index (χ3n) is 6.83. The van der Waals surface area contributed by atoms with E-state index < -0.39 is 23.4 Å². The lowest BCUT2D eigenvalue weighted by Crippen LogP contribution is -2.56. The van der Waals surface area contributed by atoms with Crippen LogP contribution in [0.4, 0.5) is 5.82 Å². The summed E-state index contributed by atoms with van der Waals surface area (Å²) in [6.45, 7) is 4.92. The molecule has 2 heterocycles. The summed E-state index contributed by atoms with van der Waals surface area (Å²) in [7, 11) is 0. The molecule has 2 aromatic carbocycles. The fraction of sp³-hybridized carbons (Fsp3) is 0.400. The highest BCUT2D eigenvalue weighted by Crippen LogP contribution is 2.25. The molecule has 2 unspecified atom stereocenters. The normalized spacial score (nSPS) is 14.9. The van der Waals surface area contributed by atoms with Crippen molar-refractivity contribution in [3.05, 3.63) is 84.3 Å². The van der Waals surface area contributed by atoms with Crippen LogP contribution in [0.2, 0.25) is 0 Å². The van der Waals surface area contributed by atoms with Gasteiger partial charge in [-0.2, -0.15) is 0 Å².